The summed E-state index contributed by atoms with van der Waals surface area (Å²) in [4.78, 5) is 45.3. The van der Waals surface area contributed by atoms with E-state index in [1.165, 1.54) is 4.57 Å². The molecule has 0 unspecified atom stereocenters. The first-order valence-electron chi connectivity index (χ1n) is 11.1. The van der Waals surface area contributed by atoms with Crippen LogP contribution in [0.2, 0.25) is 5.02 Å². The summed E-state index contributed by atoms with van der Waals surface area (Å²) in [5, 5.41) is 0.496. The van der Waals surface area contributed by atoms with Gasteiger partial charge in [-0.3, -0.25) is 9.36 Å². The molecular weight excluding hydrogens is 456 g/mol. The summed E-state index contributed by atoms with van der Waals surface area (Å²) >= 11 is 6.19. The first-order chi connectivity index (χ1) is 16.1. The Morgan fingerprint density at radius 2 is 1.59 bits per heavy atom. The van der Waals surface area contributed by atoms with E-state index in [1.807, 2.05) is 39.0 Å². The van der Waals surface area contributed by atoms with Crippen LogP contribution in [0.5, 0.6) is 0 Å². The molecule has 1 fully saturated rings. The van der Waals surface area contributed by atoms with E-state index in [2.05, 4.69) is 4.98 Å². The Morgan fingerprint density at radius 3 is 2.21 bits per heavy atom. The number of carbonyl (C=O) groups excluding carboxylic acids is 2. The van der Waals surface area contributed by atoms with Gasteiger partial charge in [-0.05, 0) is 45.0 Å². The van der Waals surface area contributed by atoms with Crippen molar-refractivity contribution in [3.8, 4) is 16.9 Å². The van der Waals surface area contributed by atoms with Gasteiger partial charge in [-0.15, -0.1) is 0 Å². The fourth-order valence-electron chi connectivity index (χ4n) is 3.88. The van der Waals surface area contributed by atoms with E-state index in [0.29, 0.717) is 48.1 Å². The number of piperazine rings is 1. The van der Waals surface area contributed by atoms with E-state index in [-0.39, 0.29) is 11.6 Å². The molecule has 4 rings (SSSR count). The van der Waals surface area contributed by atoms with Crippen molar-refractivity contribution in [2.45, 2.75) is 26.4 Å². The molecule has 0 radical (unpaired) electrons. The smallest absolute Gasteiger partial charge is 0.410 e. The van der Waals surface area contributed by atoms with E-state index in [9.17, 15) is 14.4 Å². The van der Waals surface area contributed by atoms with Gasteiger partial charge in [0, 0.05) is 36.8 Å². The number of hydrogen-bond acceptors (Lipinski definition) is 4. The number of para-hydroxylation sites is 1. The van der Waals surface area contributed by atoms with Crippen LogP contribution in [0.25, 0.3) is 16.9 Å². The second-order valence-electron chi connectivity index (χ2n) is 9.09. The number of carbonyl (C=O) groups is 2. The average Bonchev–Trinajstić information content (AvgIpc) is 3.15. The maximum absolute atomic E-state index is 13.8. The standard InChI is InChI=1S/C25H27ClN4O4/c1-25(2,3)34-24(33)29-14-12-28(13-15-29)22(31)21-20(17-8-7-9-18(26)16-17)27-23(32)30(21)19-10-5-4-6-11-19/h4-11,16H,12-15H2,1-3H3,(H,27,32). The monoisotopic (exact) mass is 482 g/mol. The minimum Gasteiger partial charge on any atom is -0.444 e. The highest BCUT2D eigenvalue weighted by Crippen LogP contribution is 2.27. The molecule has 1 aliphatic heterocycles. The summed E-state index contributed by atoms with van der Waals surface area (Å²) in [5.74, 6) is -0.305. The summed E-state index contributed by atoms with van der Waals surface area (Å²) in [5.41, 5.74) is 0.826. The van der Waals surface area contributed by atoms with Crippen LogP contribution in [-0.4, -0.2) is 63.1 Å². The highest BCUT2D eigenvalue weighted by Gasteiger charge is 2.32. The highest BCUT2D eigenvalue weighted by atomic mass is 35.5. The molecular formula is C25H27ClN4O4. The number of benzene rings is 2. The van der Waals surface area contributed by atoms with E-state index < -0.39 is 17.4 Å². The van der Waals surface area contributed by atoms with E-state index in [1.54, 1.807) is 46.2 Å². The van der Waals surface area contributed by atoms with Crippen LogP contribution in [0.1, 0.15) is 31.3 Å². The van der Waals surface area contributed by atoms with Gasteiger partial charge in [-0.1, -0.05) is 41.9 Å². The lowest BCUT2D eigenvalue weighted by Crippen LogP contribution is -2.52. The minimum absolute atomic E-state index is 0.226. The van der Waals surface area contributed by atoms with Gasteiger partial charge < -0.3 is 19.5 Å². The SMILES string of the molecule is CC(C)(C)OC(=O)N1CCN(C(=O)c2c(-c3cccc(Cl)c3)[nH]c(=O)n2-c2ccccc2)CC1. The van der Waals surface area contributed by atoms with Gasteiger partial charge in [0.25, 0.3) is 5.91 Å². The normalized spacial score (nSPS) is 14.2. The van der Waals surface area contributed by atoms with Gasteiger partial charge in [0.2, 0.25) is 0 Å². The molecule has 1 saturated heterocycles. The molecule has 0 aliphatic carbocycles. The third-order valence-corrected chi connectivity index (χ3v) is 5.68. The maximum atomic E-state index is 13.8. The third-order valence-electron chi connectivity index (χ3n) is 5.44. The van der Waals surface area contributed by atoms with Crippen LogP contribution in [0.15, 0.2) is 59.4 Å². The molecule has 0 bridgehead atoms. The fourth-order valence-corrected chi connectivity index (χ4v) is 4.07. The summed E-state index contributed by atoms with van der Waals surface area (Å²) in [6, 6.07) is 16.0. The number of halogens is 1. The number of nitrogens with one attached hydrogen (secondary N) is 1. The first-order valence-corrected chi connectivity index (χ1v) is 11.5. The molecule has 2 heterocycles. The number of imidazole rings is 1. The zero-order valence-electron chi connectivity index (χ0n) is 19.4. The minimum atomic E-state index is -0.591. The van der Waals surface area contributed by atoms with Crippen molar-refractivity contribution in [3.05, 3.63) is 75.8 Å². The molecule has 1 aliphatic rings. The van der Waals surface area contributed by atoms with Crippen LogP contribution in [-0.2, 0) is 4.74 Å². The van der Waals surface area contributed by atoms with Crippen molar-refractivity contribution in [1.29, 1.82) is 0 Å². The van der Waals surface area contributed by atoms with Gasteiger partial charge in [-0.2, -0.15) is 0 Å². The van der Waals surface area contributed by atoms with Crippen molar-refractivity contribution in [3.63, 3.8) is 0 Å². The lowest BCUT2D eigenvalue weighted by molar-refractivity contribution is 0.0140. The lowest BCUT2D eigenvalue weighted by Gasteiger charge is -2.35. The summed E-state index contributed by atoms with van der Waals surface area (Å²) in [6.45, 7) is 6.77. The number of H-pyrrole nitrogens is 1. The van der Waals surface area contributed by atoms with Crippen molar-refractivity contribution < 1.29 is 14.3 Å². The molecule has 2 aromatic carbocycles. The Morgan fingerprint density at radius 1 is 0.941 bits per heavy atom. The van der Waals surface area contributed by atoms with Gasteiger partial charge in [0.15, 0.2) is 0 Å². The first kappa shape index (κ1) is 23.6. The zero-order chi connectivity index (χ0) is 24.5. The largest absolute Gasteiger partial charge is 0.444 e. The number of amides is 2. The molecule has 178 valence electrons. The summed E-state index contributed by atoms with van der Waals surface area (Å²) < 4.78 is 6.83. The van der Waals surface area contributed by atoms with E-state index in [4.69, 9.17) is 16.3 Å². The van der Waals surface area contributed by atoms with Gasteiger partial charge >= 0.3 is 11.8 Å². The summed E-state index contributed by atoms with van der Waals surface area (Å²) in [6.07, 6.45) is -0.401. The Kier molecular flexibility index (Phi) is 6.52. The number of aromatic amines is 1. The van der Waals surface area contributed by atoms with Crippen molar-refractivity contribution in [1.82, 2.24) is 19.4 Å². The second kappa shape index (κ2) is 9.38. The maximum Gasteiger partial charge on any atom is 0.410 e. The molecule has 8 nitrogen and oxygen atoms in total. The number of aromatic nitrogens is 2. The van der Waals surface area contributed by atoms with Crippen LogP contribution in [0.3, 0.4) is 0 Å². The van der Waals surface area contributed by atoms with Gasteiger partial charge in [0.05, 0.1) is 11.4 Å². The predicted octanol–water partition coefficient (Wildman–Crippen LogP) is 4.18. The number of hydrogen-bond donors (Lipinski definition) is 1. The molecule has 0 atom stereocenters. The summed E-state index contributed by atoms with van der Waals surface area (Å²) in [7, 11) is 0. The Bertz CT molecular complexity index is 1250. The van der Waals surface area contributed by atoms with Crippen LogP contribution in [0, 0.1) is 0 Å². The molecule has 9 heteroatoms. The Balaban J connectivity index is 1.67. The second-order valence-corrected chi connectivity index (χ2v) is 9.53. The fraction of sp³-hybridized carbons (Fsp3) is 0.320. The molecule has 0 spiro atoms. The molecule has 0 saturated carbocycles. The Hall–Kier alpha value is -3.52. The number of nitrogens with zero attached hydrogens (tertiary/aromatic N) is 3. The zero-order valence-corrected chi connectivity index (χ0v) is 20.1. The predicted molar refractivity (Wildman–Crippen MR) is 131 cm³/mol. The Labute approximate surface area is 202 Å². The van der Waals surface area contributed by atoms with Gasteiger partial charge in [0.1, 0.15) is 11.3 Å². The topological polar surface area (TPSA) is 87.6 Å². The molecule has 3 aromatic rings. The van der Waals surface area contributed by atoms with Crippen LogP contribution >= 0.6 is 11.6 Å². The van der Waals surface area contributed by atoms with Crippen molar-refractivity contribution >= 4 is 23.6 Å². The third kappa shape index (κ3) is 5.02. The van der Waals surface area contributed by atoms with E-state index in [0.717, 1.165) is 0 Å². The number of ether oxygens (including phenoxy) is 1. The van der Waals surface area contributed by atoms with Crippen LogP contribution in [0.4, 0.5) is 4.79 Å². The van der Waals surface area contributed by atoms with Crippen molar-refractivity contribution in [2.75, 3.05) is 26.2 Å². The molecule has 34 heavy (non-hydrogen) atoms. The molecule has 1 aromatic heterocycles. The highest BCUT2D eigenvalue weighted by molar-refractivity contribution is 6.30. The lowest BCUT2D eigenvalue weighted by atomic mass is 10.1. The van der Waals surface area contributed by atoms with Crippen LogP contribution < -0.4 is 5.69 Å². The molecule has 2 amide bonds. The van der Waals surface area contributed by atoms with E-state index >= 15 is 0 Å². The van der Waals surface area contributed by atoms with Gasteiger partial charge in [-0.25, -0.2) is 9.59 Å². The average molecular weight is 483 g/mol. The quantitative estimate of drug-likeness (QED) is 0.606. The van der Waals surface area contributed by atoms with Crippen molar-refractivity contribution in [2.24, 2.45) is 0 Å². The molecule has 1 N–H and O–H groups in total. The number of rotatable bonds is 3.